The Balaban J connectivity index is 2.40. The van der Waals surface area contributed by atoms with Gasteiger partial charge in [0.15, 0.2) is 0 Å². The zero-order valence-corrected chi connectivity index (χ0v) is 20.9. The molecule has 2 aromatic carbocycles. The number of carbonyl (C=O) groups is 2. The topological polar surface area (TPSA) is 92.3 Å². The molecule has 15 heteroatoms. The summed E-state index contributed by atoms with van der Waals surface area (Å²) in [5.41, 5.74) is -8.66. The van der Waals surface area contributed by atoms with E-state index in [1.807, 2.05) is 0 Å². The van der Waals surface area contributed by atoms with Crippen LogP contribution in [0.4, 0.5) is 36.4 Å². The Morgan fingerprint density at radius 1 is 0.973 bits per heavy atom. The molecule has 0 spiro atoms. The van der Waals surface area contributed by atoms with Crippen LogP contribution in [-0.4, -0.2) is 50.6 Å². The predicted molar refractivity (Wildman–Crippen MR) is 122 cm³/mol. The van der Waals surface area contributed by atoms with Gasteiger partial charge in [-0.15, -0.1) is 0 Å². The van der Waals surface area contributed by atoms with Gasteiger partial charge in [0.05, 0.1) is 21.9 Å². The quantitative estimate of drug-likeness (QED) is 0.435. The van der Waals surface area contributed by atoms with Gasteiger partial charge in [-0.3, -0.25) is 9.59 Å². The smallest absolute Gasteiger partial charge is 0.348 e. The summed E-state index contributed by atoms with van der Waals surface area (Å²) in [4.78, 5) is 25.6. The van der Waals surface area contributed by atoms with Crippen molar-refractivity contribution in [3.63, 3.8) is 0 Å². The van der Waals surface area contributed by atoms with Crippen LogP contribution in [0.5, 0.6) is 0 Å². The maximum absolute atomic E-state index is 14.3. The van der Waals surface area contributed by atoms with E-state index in [0.29, 0.717) is 12.1 Å². The summed E-state index contributed by atoms with van der Waals surface area (Å²) in [5, 5.41) is 4.42. The van der Waals surface area contributed by atoms with E-state index in [9.17, 15) is 48.7 Å². The molecular formula is C22H20ClF7N2O4S. The van der Waals surface area contributed by atoms with Crippen LogP contribution in [0.1, 0.15) is 38.8 Å². The van der Waals surface area contributed by atoms with Crippen LogP contribution >= 0.6 is 11.6 Å². The molecule has 0 unspecified atom stereocenters. The number of hydrogen-bond acceptors (Lipinski definition) is 4. The second-order valence-electron chi connectivity index (χ2n) is 8.27. The second-order valence-corrected chi connectivity index (χ2v) is 10.9. The van der Waals surface area contributed by atoms with Gasteiger partial charge in [0.1, 0.15) is 9.84 Å². The minimum atomic E-state index is -6.31. The van der Waals surface area contributed by atoms with Crippen molar-refractivity contribution < 1.29 is 48.7 Å². The van der Waals surface area contributed by atoms with Gasteiger partial charge in [-0.05, 0) is 37.6 Å². The summed E-state index contributed by atoms with van der Waals surface area (Å²) in [5.74, 6) is -2.34. The molecule has 2 rings (SSSR count). The zero-order valence-electron chi connectivity index (χ0n) is 19.3. The van der Waals surface area contributed by atoms with Gasteiger partial charge in [0.2, 0.25) is 0 Å². The molecule has 0 aromatic heterocycles. The number of halogens is 8. The van der Waals surface area contributed by atoms with E-state index in [2.05, 4.69) is 10.6 Å². The Kier molecular flexibility index (Phi) is 8.60. The summed E-state index contributed by atoms with van der Waals surface area (Å²) in [6.45, 7) is 2.44. The summed E-state index contributed by atoms with van der Waals surface area (Å²) < 4.78 is 115. The number of carbonyl (C=O) groups excluding carboxylic acids is 2. The third-order valence-corrected chi connectivity index (χ3v) is 6.49. The number of anilines is 1. The van der Waals surface area contributed by atoms with E-state index < -0.39 is 57.0 Å². The molecule has 0 saturated heterocycles. The SMILES string of the molecule is Cc1cc(C(F)(C(F)(F)F)C(F)(F)F)ccc1NC(=O)c1cccc(Cl)c1C(=O)N[C@@H](C)CS(C)(=O)=O. The standard InChI is InChI=1S/C22H20ClF7N2O4S/c1-11-9-13(20(24,21(25,26)27)22(28,29)30)7-8-16(11)32-18(33)14-5-4-6-15(23)17(14)19(34)31-12(2)10-37(3,35)36/h4-9,12H,10H2,1-3H3,(H,31,34)(H,32,33)/t12-/m0/s1. The Hall–Kier alpha value is -2.87. The fraction of sp³-hybridized carbons (Fsp3) is 0.364. The highest BCUT2D eigenvalue weighted by molar-refractivity contribution is 7.90. The van der Waals surface area contributed by atoms with Crippen molar-refractivity contribution in [2.75, 3.05) is 17.3 Å². The van der Waals surface area contributed by atoms with Crippen LogP contribution < -0.4 is 10.6 Å². The third kappa shape index (κ3) is 6.72. The molecule has 0 aliphatic heterocycles. The fourth-order valence-corrected chi connectivity index (χ4v) is 4.68. The highest BCUT2D eigenvalue weighted by Crippen LogP contribution is 2.53. The van der Waals surface area contributed by atoms with Crippen LogP contribution in [0.3, 0.4) is 0 Å². The molecule has 0 fully saturated rings. The number of amides is 2. The molecule has 204 valence electrons. The van der Waals surface area contributed by atoms with E-state index in [4.69, 9.17) is 11.6 Å². The van der Waals surface area contributed by atoms with Gasteiger partial charge >= 0.3 is 18.0 Å². The van der Waals surface area contributed by atoms with Gasteiger partial charge in [0, 0.05) is 23.5 Å². The first-order valence-electron chi connectivity index (χ1n) is 10.2. The lowest BCUT2D eigenvalue weighted by Gasteiger charge is -2.30. The minimum Gasteiger partial charge on any atom is -0.348 e. The van der Waals surface area contributed by atoms with E-state index in [-0.39, 0.29) is 33.5 Å². The lowest BCUT2D eigenvalue weighted by Crippen LogP contribution is -2.50. The normalized spacial score (nSPS) is 13.7. The van der Waals surface area contributed by atoms with Crippen molar-refractivity contribution in [2.24, 2.45) is 0 Å². The van der Waals surface area contributed by atoms with E-state index in [1.165, 1.54) is 25.1 Å². The Morgan fingerprint density at radius 3 is 2.03 bits per heavy atom. The predicted octanol–water partition coefficient (Wildman–Crippen LogP) is 5.35. The molecule has 37 heavy (non-hydrogen) atoms. The maximum Gasteiger partial charge on any atom is 0.435 e. The molecule has 6 nitrogen and oxygen atoms in total. The lowest BCUT2D eigenvalue weighted by molar-refractivity contribution is -0.348. The average Bonchev–Trinajstić information content (AvgIpc) is 2.71. The van der Waals surface area contributed by atoms with Crippen molar-refractivity contribution in [2.45, 2.75) is 37.9 Å². The maximum atomic E-state index is 14.3. The van der Waals surface area contributed by atoms with E-state index in [0.717, 1.165) is 13.2 Å². The number of alkyl halides is 7. The molecule has 0 radical (unpaired) electrons. The van der Waals surface area contributed by atoms with Crippen molar-refractivity contribution in [1.29, 1.82) is 0 Å². The van der Waals surface area contributed by atoms with Crippen molar-refractivity contribution in [3.8, 4) is 0 Å². The number of benzene rings is 2. The number of hydrogen-bond donors (Lipinski definition) is 2. The molecule has 0 saturated carbocycles. The summed E-state index contributed by atoms with van der Waals surface area (Å²) in [6.07, 6.45) is -11.7. The largest absolute Gasteiger partial charge is 0.435 e. The van der Waals surface area contributed by atoms with Gasteiger partial charge in [-0.2, -0.15) is 26.3 Å². The lowest BCUT2D eigenvalue weighted by atomic mass is 9.92. The van der Waals surface area contributed by atoms with Gasteiger partial charge in [0.25, 0.3) is 11.8 Å². The first kappa shape index (κ1) is 30.4. The highest BCUT2D eigenvalue weighted by Gasteiger charge is 2.73. The molecule has 2 N–H and O–H groups in total. The van der Waals surface area contributed by atoms with Gasteiger partial charge < -0.3 is 10.6 Å². The number of rotatable bonds is 7. The number of aryl methyl sites for hydroxylation is 1. The summed E-state index contributed by atoms with van der Waals surface area (Å²) in [6, 6.07) is 4.07. The zero-order chi connectivity index (χ0) is 28.6. The van der Waals surface area contributed by atoms with Crippen molar-refractivity contribution in [3.05, 3.63) is 63.7 Å². The van der Waals surface area contributed by atoms with Crippen LogP contribution in [0.25, 0.3) is 0 Å². The molecule has 1 atom stereocenters. The molecule has 2 aromatic rings. The Morgan fingerprint density at radius 2 is 1.54 bits per heavy atom. The van der Waals surface area contributed by atoms with Crippen LogP contribution in [0.15, 0.2) is 36.4 Å². The third-order valence-electron chi connectivity index (χ3n) is 5.07. The summed E-state index contributed by atoms with van der Waals surface area (Å²) in [7, 11) is -3.46. The van der Waals surface area contributed by atoms with Crippen LogP contribution in [0.2, 0.25) is 5.02 Å². The molecule has 2 amide bonds. The number of sulfone groups is 1. The monoisotopic (exact) mass is 576 g/mol. The molecule has 0 heterocycles. The summed E-state index contributed by atoms with van der Waals surface area (Å²) >= 11 is 6.06. The van der Waals surface area contributed by atoms with E-state index in [1.54, 1.807) is 0 Å². The van der Waals surface area contributed by atoms with E-state index >= 15 is 0 Å². The van der Waals surface area contributed by atoms with Crippen LogP contribution in [0, 0.1) is 6.92 Å². The Bertz CT molecular complexity index is 1300. The molecule has 0 bridgehead atoms. The second kappa shape index (κ2) is 10.5. The average molecular weight is 577 g/mol. The fourth-order valence-electron chi connectivity index (χ4n) is 3.43. The van der Waals surface area contributed by atoms with Crippen molar-refractivity contribution in [1.82, 2.24) is 5.32 Å². The first-order valence-corrected chi connectivity index (χ1v) is 12.6. The van der Waals surface area contributed by atoms with Gasteiger partial charge in [-0.25, -0.2) is 12.8 Å². The molecule has 0 aliphatic rings. The molecule has 0 aliphatic carbocycles. The first-order chi connectivity index (χ1) is 16.7. The van der Waals surface area contributed by atoms with Gasteiger partial charge in [-0.1, -0.05) is 29.8 Å². The Labute approximate surface area is 212 Å². The minimum absolute atomic E-state index is 0.193. The van der Waals surface area contributed by atoms with Crippen LogP contribution in [-0.2, 0) is 15.5 Å². The van der Waals surface area contributed by atoms with Crippen molar-refractivity contribution >= 4 is 38.9 Å². The molecular weight excluding hydrogens is 557 g/mol. The number of nitrogens with one attached hydrogen (secondary N) is 2. The highest BCUT2D eigenvalue weighted by atomic mass is 35.5.